The Morgan fingerprint density at radius 1 is 0.909 bits per heavy atom. The van der Waals surface area contributed by atoms with Gasteiger partial charge in [-0.05, 0) is 44.0 Å². The van der Waals surface area contributed by atoms with E-state index in [0.717, 1.165) is 28.2 Å². The first-order valence-electron chi connectivity index (χ1n) is 7.20. The zero-order valence-electron chi connectivity index (χ0n) is 12.7. The third kappa shape index (κ3) is 1.72. The molecular weight excluding hydrogens is 274 g/mol. The Morgan fingerprint density at radius 3 is 2.45 bits per heavy atom. The number of hydrogen-bond donors (Lipinski definition) is 0. The van der Waals surface area contributed by atoms with Crippen LogP contribution < -0.4 is 0 Å². The summed E-state index contributed by atoms with van der Waals surface area (Å²) in [5, 5.41) is 8.79. The van der Waals surface area contributed by atoms with Crippen molar-refractivity contribution in [2.24, 2.45) is 0 Å². The van der Waals surface area contributed by atoms with E-state index < -0.39 is 0 Å². The van der Waals surface area contributed by atoms with Gasteiger partial charge in [-0.2, -0.15) is 0 Å². The lowest BCUT2D eigenvalue weighted by Crippen LogP contribution is -2.00. The highest BCUT2D eigenvalue weighted by molar-refractivity contribution is 5.79. The number of aryl methyl sites for hydroxylation is 3. The highest BCUT2D eigenvalue weighted by Gasteiger charge is 2.17. The fourth-order valence-electron chi connectivity index (χ4n) is 2.93. The number of rotatable bonds is 1. The minimum atomic E-state index is 0.708. The van der Waals surface area contributed by atoms with Gasteiger partial charge >= 0.3 is 0 Å². The van der Waals surface area contributed by atoms with E-state index >= 15 is 0 Å². The molecule has 0 saturated heterocycles. The summed E-state index contributed by atoms with van der Waals surface area (Å²) in [6.07, 6.45) is 1.75. The van der Waals surface area contributed by atoms with Crippen LogP contribution in [0.1, 0.15) is 16.8 Å². The third-order valence-corrected chi connectivity index (χ3v) is 3.97. The molecule has 22 heavy (non-hydrogen) atoms. The van der Waals surface area contributed by atoms with Gasteiger partial charge in [0.25, 0.3) is 0 Å². The molecule has 3 aromatic heterocycles. The van der Waals surface area contributed by atoms with Crippen LogP contribution in [0.5, 0.6) is 0 Å². The minimum Gasteiger partial charge on any atom is -0.270 e. The highest BCUT2D eigenvalue weighted by Crippen LogP contribution is 2.28. The first-order valence-corrected chi connectivity index (χ1v) is 7.20. The zero-order chi connectivity index (χ0) is 15.3. The largest absolute Gasteiger partial charge is 0.270 e. The van der Waals surface area contributed by atoms with Crippen LogP contribution in [0.4, 0.5) is 0 Å². The van der Waals surface area contributed by atoms with E-state index in [0.29, 0.717) is 5.65 Å². The maximum atomic E-state index is 4.52. The Bertz CT molecular complexity index is 996. The van der Waals surface area contributed by atoms with Gasteiger partial charge in [-0.15, -0.1) is 10.2 Å². The van der Waals surface area contributed by atoms with Crippen molar-refractivity contribution in [2.75, 3.05) is 0 Å². The Labute approximate surface area is 127 Å². The molecule has 0 aliphatic heterocycles. The molecule has 0 saturated carbocycles. The normalized spacial score (nSPS) is 11.4. The van der Waals surface area contributed by atoms with Crippen molar-refractivity contribution in [1.29, 1.82) is 0 Å². The van der Waals surface area contributed by atoms with Gasteiger partial charge in [-0.3, -0.25) is 4.40 Å². The van der Waals surface area contributed by atoms with Crippen molar-refractivity contribution in [3.05, 3.63) is 53.3 Å². The van der Waals surface area contributed by atoms with Gasteiger partial charge in [0.2, 0.25) is 0 Å². The number of aromatic nitrogens is 5. The Balaban J connectivity index is 2.21. The van der Waals surface area contributed by atoms with E-state index in [4.69, 9.17) is 0 Å². The van der Waals surface area contributed by atoms with Crippen molar-refractivity contribution in [3.8, 4) is 11.4 Å². The van der Waals surface area contributed by atoms with E-state index in [1.54, 1.807) is 6.20 Å². The maximum absolute atomic E-state index is 4.52. The van der Waals surface area contributed by atoms with Gasteiger partial charge in [0.1, 0.15) is 0 Å². The van der Waals surface area contributed by atoms with E-state index in [9.17, 15) is 0 Å². The summed E-state index contributed by atoms with van der Waals surface area (Å²) in [7, 11) is 0. The number of hydrogen-bond acceptors (Lipinski definition) is 4. The van der Waals surface area contributed by atoms with Crippen LogP contribution in [-0.4, -0.2) is 24.6 Å². The van der Waals surface area contributed by atoms with Gasteiger partial charge in [0.15, 0.2) is 17.1 Å². The van der Waals surface area contributed by atoms with Gasteiger partial charge in [0, 0.05) is 11.8 Å². The van der Waals surface area contributed by atoms with E-state index in [1.807, 2.05) is 19.1 Å². The molecular formula is C17H15N5. The second kappa shape index (κ2) is 4.59. The molecule has 0 atom stereocenters. The lowest BCUT2D eigenvalue weighted by Gasteiger charge is -2.10. The molecule has 5 nitrogen and oxygen atoms in total. The summed E-state index contributed by atoms with van der Waals surface area (Å²) in [6, 6.07) is 10.2. The lowest BCUT2D eigenvalue weighted by molar-refractivity contribution is 1.10. The monoisotopic (exact) mass is 289 g/mol. The van der Waals surface area contributed by atoms with Crippen LogP contribution in [0, 0.1) is 20.8 Å². The van der Waals surface area contributed by atoms with Crippen molar-refractivity contribution >= 4 is 16.8 Å². The second-order valence-electron chi connectivity index (χ2n) is 5.49. The molecule has 0 aliphatic carbocycles. The van der Waals surface area contributed by atoms with Crippen LogP contribution in [0.15, 0.2) is 36.5 Å². The average Bonchev–Trinajstić information content (AvgIpc) is 2.93. The fourth-order valence-corrected chi connectivity index (χ4v) is 2.93. The van der Waals surface area contributed by atoms with Gasteiger partial charge < -0.3 is 0 Å². The Morgan fingerprint density at radius 2 is 1.68 bits per heavy atom. The summed E-state index contributed by atoms with van der Waals surface area (Å²) in [4.78, 5) is 8.89. The summed E-state index contributed by atoms with van der Waals surface area (Å²) in [6.45, 7) is 6.13. The minimum absolute atomic E-state index is 0.708. The number of nitrogens with zero attached hydrogens (tertiary/aromatic N) is 5. The predicted octanol–water partition coefficient (Wildman–Crippen LogP) is 3.26. The molecule has 5 heteroatoms. The van der Waals surface area contributed by atoms with Crippen LogP contribution in [-0.2, 0) is 0 Å². The summed E-state index contributed by atoms with van der Waals surface area (Å²) >= 11 is 0. The number of fused-ring (bicyclic) bond motifs is 3. The summed E-state index contributed by atoms with van der Waals surface area (Å²) in [5.41, 5.74) is 6.72. The zero-order valence-corrected chi connectivity index (χ0v) is 12.7. The molecule has 1 aromatic carbocycles. The first-order chi connectivity index (χ1) is 10.7. The van der Waals surface area contributed by atoms with Crippen molar-refractivity contribution in [2.45, 2.75) is 20.8 Å². The topological polar surface area (TPSA) is 56.0 Å². The molecule has 0 unspecified atom stereocenters. The highest BCUT2D eigenvalue weighted by atomic mass is 15.3. The quantitative estimate of drug-likeness (QED) is 0.539. The van der Waals surface area contributed by atoms with Crippen molar-refractivity contribution in [1.82, 2.24) is 24.6 Å². The average molecular weight is 289 g/mol. The fraction of sp³-hybridized carbons (Fsp3) is 0.176. The molecule has 0 N–H and O–H groups in total. The standard InChI is InChI=1S/C17H15N5/c1-10-6-4-7-11(2)14(10)17-21-20-16-12(3)19-15-13(22(16)17)8-5-9-18-15/h4-9H,1-3H3. The molecule has 0 amide bonds. The Hall–Kier alpha value is -2.82. The van der Waals surface area contributed by atoms with Gasteiger partial charge in [-0.25, -0.2) is 9.97 Å². The van der Waals surface area contributed by atoms with Gasteiger partial charge in [-0.1, -0.05) is 18.2 Å². The van der Waals surface area contributed by atoms with Crippen LogP contribution in [0.3, 0.4) is 0 Å². The SMILES string of the molecule is Cc1cccc(C)c1-c1nnc2c(C)nc3ncccc3n12. The predicted molar refractivity (Wildman–Crippen MR) is 85.7 cm³/mol. The molecule has 108 valence electrons. The van der Waals surface area contributed by atoms with E-state index in [-0.39, 0.29) is 0 Å². The molecule has 0 spiro atoms. The third-order valence-electron chi connectivity index (χ3n) is 3.97. The molecule has 0 radical (unpaired) electrons. The van der Waals surface area contributed by atoms with Crippen LogP contribution >= 0.6 is 0 Å². The number of benzene rings is 1. The molecule has 0 bridgehead atoms. The van der Waals surface area contributed by atoms with Crippen LogP contribution in [0.25, 0.3) is 28.2 Å². The summed E-state index contributed by atoms with van der Waals surface area (Å²) < 4.78 is 2.06. The lowest BCUT2D eigenvalue weighted by atomic mass is 10.0. The summed E-state index contributed by atoms with van der Waals surface area (Å²) in [5.74, 6) is 0.842. The molecule has 4 aromatic rings. The molecule has 4 rings (SSSR count). The van der Waals surface area contributed by atoms with Gasteiger partial charge in [0.05, 0.1) is 11.2 Å². The van der Waals surface area contributed by atoms with Crippen LogP contribution in [0.2, 0.25) is 0 Å². The molecule has 3 heterocycles. The number of pyridine rings is 1. The smallest absolute Gasteiger partial charge is 0.183 e. The van der Waals surface area contributed by atoms with Crippen molar-refractivity contribution in [3.63, 3.8) is 0 Å². The first kappa shape index (κ1) is 12.9. The van der Waals surface area contributed by atoms with E-state index in [2.05, 4.69) is 56.6 Å². The molecule has 0 fully saturated rings. The van der Waals surface area contributed by atoms with E-state index in [1.165, 1.54) is 11.1 Å². The maximum Gasteiger partial charge on any atom is 0.183 e. The molecule has 0 aliphatic rings. The second-order valence-corrected chi connectivity index (χ2v) is 5.49. The van der Waals surface area contributed by atoms with Crippen molar-refractivity contribution < 1.29 is 0 Å². The Kier molecular flexibility index (Phi) is 2.69.